The number of nitrogens with zero attached hydrogens (tertiary/aromatic N) is 3. The summed E-state index contributed by atoms with van der Waals surface area (Å²) >= 11 is 0. The summed E-state index contributed by atoms with van der Waals surface area (Å²) in [5.74, 6) is -0.0545. The van der Waals surface area contributed by atoms with Crippen LogP contribution in [-0.4, -0.2) is 35.1 Å². The van der Waals surface area contributed by atoms with E-state index < -0.39 is 9.84 Å². The number of benzene rings is 1. The molecule has 0 unspecified atom stereocenters. The van der Waals surface area contributed by atoms with Crippen molar-refractivity contribution in [3.8, 4) is 0 Å². The third-order valence-electron chi connectivity index (χ3n) is 5.73. The molecule has 10 heteroatoms. The van der Waals surface area contributed by atoms with Crippen LogP contribution in [0.1, 0.15) is 38.4 Å². The fourth-order valence-electron chi connectivity index (χ4n) is 3.83. The zero-order valence-corrected chi connectivity index (χ0v) is 21.2. The highest BCUT2D eigenvalue weighted by molar-refractivity contribution is 7.90. The van der Waals surface area contributed by atoms with Gasteiger partial charge in [0.1, 0.15) is 0 Å². The standard InChI is InChI=1S/C27H25N5O4S/c1-18-21(8-9-25(28)31-18)16-30-27(34)20-10-11-29-23(15-20)13-19-6-7-22(24(14-19)37(2,35)36)17-32-12-4-3-5-26(32)33/h3-7,10-12,14-15H,13,16-17H2,1-2H3,(H2,28,31)(H,30,34). The van der Waals surface area contributed by atoms with Crippen molar-refractivity contribution in [2.75, 3.05) is 12.0 Å². The summed E-state index contributed by atoms with van der Waals surface area (Å²) in [6.45, 7) is 2.13. The lowest BCUT2D eigenvalue weighted by atomic mass is 10.1. The van der Waals surface area contributed by atoms with E-state index in [1.807, 2.05) is 0 Å². The number of sulfone groups is 1. The first-order valence-corrected chi connectivity index (χ1v) is 13.3. The number of nitrogen functional groups attached to an aromatic ring is 1. The van der Waals surface area contributed by atoms with E-state index in [0.29, 0.717) is 40.1 Å². The van der Waals surface area contributed by atoms with Crippen LogP contribution in [0.25, 0.3) is 0 Å². The molecule has 0 fully saturated rings. The lowest BCUT2D eigenvalue weighted by Crippen LogP contribution is -2.23. The molecule has 3 N–H and O–H groups in total. The molecule has 0 atom stereocenters. The lowest BCUT2D eigenvalue weighted by molar-refractivity contribution is 0.0950. The largest absolute Gasteiger partial charge is 0.377 e. The first-order valence-electron chi connectivity index (χ1n) is 11.4. The van der Waals surface area contributed by atoms with Crippen molar-refractivity contribution in [1.29, 1.82) is 0 Å². The molecule has 3 aromatic heterocycles. The number of anilines is 1. The molecule has 1 aromatic carbocycles. The molecular weight excluding hydrogens is 490 g/mol. The predicted octanol–water partition coefficient (Wildman–Crippen LogP) is 2.10. The van der Waals surface area contributed by atoms with E-state index in [9.17, 15) is 18.0 Å². The van der Waals surface area contributed by atoms with Crippen LogP contribution in [0.4, 0.5) is 5.82 Å². The number of carbonyl (C=O) groups excluding carboxylic acids is 1. The van der Waals surface area contributed by atoms with Crippen molar-refractivity contribution in [3.05, 3.63) is 117 Å². The highest BCUT2D eigenvalue weighted by atomic mass is 32.2. The fourth-order valence-corrected chi connectivity index (χ4v) is 4.81. The van der Waals surface area contributed by atoms with Crippen LogP contribution in [0.3, 0.4) is 0 Å². The molecule has 3 heterocycles. The van der Waals surface area contributed by atoms with Gasteiger partial charge in [0.25, 0.3) is 11.5 Å². The van der Waals surface area contributed by atoms with Gasteiger partial charge in [-0.15, -0.1) is 0 Å². The zero-order valence-electron chi connectivity index (χ0n) is 20.4. The van der Waals surface area contributed by atoms with Crippen molar-refractivity contribution in [2.24, 2.45) is 0 Å². The Labute approximate surface area is 214 Å². The topological polar surface area (TPSA) is 137 Å². The number of rotatable bonds is 8. The van der Waals surface area contributed by atoms with E-state index in [2.05, 4.69) is 27.4 Å². The monoisotopic (exact) mass is 515 g/mol. The molecule has 0 aliphatic heterocycles. The molecule has 0 aliphatic carbocycles. The van der Waals surface area contributed by atoms with Gasteiger partial charge in [0.15, 0.2) is 15.7 Å². The summed E-state index contributed by atoms with van der Waals surface area (Å²) in [6, 6.07) is 18.7. The number of aryl methyl sites for hydroxylation is 1. The highest BCUT2D eigenvalue weighted by Crippen LogP contribution is 2.21. The second-order valence-electron chi connectivity index (χ2n) is 8.59. The van der Waals surface area contributed by atoms with Gasteiger partial charge in [0.05, 0.1) is 23.7 Å². The van der Waals surface area contributed by atoms with Gasteiger partial charge in [-0.2, -0.15) is 0 Å². The maximum Gasteiger partial charge on any atom is 0.251 e. The van der Waals surface area contributed by atoms with E-state index in [1.165, 1.54) is 16.8 Å². The van der Waals surface area contributed by atoms with Gasteiger partial charge in [-0.05, 0) is 48.4 Å². The van der Waals surface area contributed by atoms with Crippen LogP contribution in [-0.2, 0) is 29.3 Å². The molecule has 188 valence electrons. The maximum absolute atomic E-state index is 12.7. The fraction of sp³-hybridized carbons (Fsp3) is 0.185. The molecule has 0 spiro atoms. The van der Waals surface area contributed by atoms with E-state index in [-0.39, 0.29) is 35.3 Å². The zero-order chi connectivity index (χ0) is 26.6. The average Bonchev–Trinajstić information content (AvgIpc) is 2.85. The summed E-state index contributed by atoms with van der Waals surface area (Å²) in [5, 5.41) is 2.82. The van der Waals surface area contributed by atoms with Crippen molar-refractivity contribution in [3.63, 3.8) is 0 Å². The summed E-state index contributed by atoms with van der Waals surface area (Å²) in [6.07, 6.45) is 4.61. The van der Waals surface area contributed by atoms with Crippen molar-refractivity contribution < 1.29 is 13.2 Å². The van der Waals surface area contributed by atoms with Gasteiger partial charge < -0.3 is 15.6 Å². The molecule has 9 nitrogen and oxygen atoms in total. The van der Waals surface area contributed by atoms with Crippen LogP contribution < -0.4 is 16.6 Å². The molecule has 37 heavy (non-hydrogen) atoms. The summed E-state index contributed by atoms with van der Waals surface area (Å²) in [7, 11) is -3.56. The molecular formula is C27H25N5O4S. The predicted molar refractivity (Wildman–Crippen MR) is 139 cm³/mol. The van der Waals surface area contributed by atoms with E-state index in [0.717, 1.165) is 6.26 Å². The van der Waals surface area contributed by atoms with Gasteiger partial charge in [0, 0.05) is 48.0 Å². The first kappa shape index (κ1) is 25.6. The quantitative estimate of drug-likeness (QED) is 0.367. The van der Waals surface area contributed by atoms with Crippen LogP contribution in [0.15, 0.2) is 70.6 Å². The van der Waals surface area contributed by atoms with Gasteiger partial charge in [-0.3, -0.25) is 14.6 Å². The van der Waals surface area contributed by atoms with Gasteiger partial charge in [-0.25, -0.2) is 13.4 Å². The molecule has 0 radical (unpaired) electrons. The number of hydrogen-bond donors (Lipinski definition) is 2. The smallest absolute Gasteiger partial charge is 0.251 e. The highest BCUT2D eigenvalue weighted by Gasteiger charge is 2.16. The Bertz CT molecular complexity index is 1630. The Kier molecular flexibility index (Phi) is 7.36. The third-order valence-corrected chi connectivity index (χ3v) is 6.91. The normalized spacial score (nSPS) is 11.1. The number of aromatic nitrogens is 3. The minimum Gasteiger partial charge on any atom is -0.377 e. The number of carbonyl (C=O) groups is 1. The molecule has 0 saturated carbocycles. The number of pyridine rings is 2. The van der Waals surface area contributed by atoms with Gasteiger partial charge in [0.2, 0.25) is 0 Å². The number of amides is 1. The Morgan fingerprint density at radius 1 is 1.14 bits per heavy atom. The van der Waals surface area contributed by atoms with E-state index in [1.54, 1.807) is 55.6 Å². The van der Waals surface area contributed by atoms with Crippen molar-refractivity contribution in [2.45, 2.75) is 31.3 Å². The Hall–Kier alpha value is -4.49. The van der Waals surface area contributed by atoms with E-state index in [4.69, 9.17) is 5.73 Å². The third kappa shape index (κ3) is 6.39. The SMILES string of the molecule is Cc1nc(N)c#cc1CNC(=O)c1ccnc(Cc2ccc(Cn3ccccc3=O)c(S(C)(=O)=O)c2)c1. The summed E-state index contributed by atoms with van der Waals surface area (Å²) in [4.78, 5) is 33.4. The Morgan fingerprint density at radius 2 is 1.95 bits per heavy atom. The summed E-state index contributed by atoms with van der Waals surface area (Å²) < 4.78 is 26.5. The Balaban J connectivity index is 1.52. The van der Waals surface area contributed by atoms with E-state index >= 15 is 0 Å². The first-order chi connectivity index (χ1) is 17.6. The van der Waals surface area contributed by atoms with Crippen LogP contribution >= 0.6 is 0 Å². The Morgan fingerprint density at radius 3 is 2.68 bits per heavy atom. The molecule has 4 rings (SSSR count). The average molecular weight is 516 g/mol. The number of hydrogen-bond acceptors (Lipinski definition) is 7. The van der Waals surface area contributed by atoms with Crippen LogP contribution in [0, 0.1) is 19.1 Å². The second kappa shape index (κ2) is 10.6. The molecule has 1 amide bonds. The van der Waals surface area contributed by atoms with Crippen LogP contribution in [0.2, 0.25) is 0 Å². The minimum atomic E-state index is -3.56. The number of nitrogens with one attached hydrogen (secondary N) is 1. The minimum absolute atomic E-state index is 0.133. The molecule has 0 saturated heterocycles. The second-order valence-corrected chi connectivity index (χ2v) is 10.6. The maximum atomic E-state index is 12.7. The molecule has 4 aromatic rings. The van der Waals surface area contributed by atoms with Gasteiger partial charge >= 0.3 is 0 Å². The number of nitrogens with two attached hydrogens (primary N) is 1. The van der Waals surface area contributed by atoms with Crippen LogP contribution in [0.5, 0.6) is 0 Å². The summed E-state index contributed by atoms with van der Waals surface area (Å²) in [5.41, 5.74) is 8.97. The molecule has 0 aliphatic rings. The van der Waals surface area contributed by atoms with Crippen molar-refractivity contribution >= 4 is 21.6 Å². The lowest BCUT2D eigenvalue weighted by Gasteiger charge is -2.12. The molecule has 0 bridgehead atoms. The van der Waals surface area contributed by atoms with Crippen molar-refractivity contribution in [1.82, 2.24) is 19.9 Å². The van der Waals surface area contributed by atoms with Gasteiger partial charge in [-0.1, -0.05) is 24.3 Å².